The van der Waals surface area contributed by atoms with Crippen molar-refractivity contribution >= 4 is 28.5 Å². The maximum atomic E-state index is 13.9. The molecule has 9 heteroatoms. The van der Waals surface area contributed by atoms with Gasteiger partial charge in [-0.05, 0) is 83.7 Å². The number of aliphatic hydroxyl groups excluding tert-OH is 1. The monoisotopic (exact) mass is 520 g/mol. The van der Waals surface area contributed by atoms with Crippen molar-refractivity contribution in [3.8, 4) is 5.75 Å². The van der Waals surface area contributed by atoms with E-state index in [9.17, 15) is 18.1 Å². The first-order valence-electron chi connectivity index (χ1n) is 11.2. The van der Waals surface area contributed by atoms with Crippen LogP contribution in [-0.4, -0.2) is 24.7 Å². The molecule has 1 atom stereocenters. The third kappa shape index (κ3) is 6.93. The number of hydrogen-bond acceptors (Lipinski definition) is 7. The minimum atomic E-state index is -4.17. The van der Waals surface area contributed by atoms with Crippen LogP contribution in [0.3, 0.4) is 0 Å². The van der Waals surface area contributed by atoms with E-state index in [1.165, 1.54) is 18.2 Å². The zero-order valence-electron chi connectivity index (χ0n) is 21.1. The fraction of sp³-hybridized carbons (Fsp3) is 0.385. The van der Waals surface area contributed by atoms with Crippen molar-refractivity contribution in [2.75, 3.05) is 0 Å². The van der Waals surface area contributed by atoms with Gasteiger partial charge in [0.05, 0.1) is 11.2 Å². The number of hydrogen-bond donors (Lipinski definition) is 1. The Labute approximate surface area is 207 Å². The van der Waals surface area contributed by atoms with Gasteiger partial charge < -0.3 is 18.3 Å². The zero-order chi connectivity index (χ0) is 26.2. The van der Waals surface area contributed by atoms with Crippen molar-refractivity contribution in [3.63, 3.8) is 0 Å². The Bertz CT molecular complexity index is 1330. The highest BCUT2D eigenvalue weighted by Gasteiger charge is 2.43. The molecule has 0 aliphatic rings. The molecule has 0 aliphatic heterocycles. The first-order valence-corrected chi connectivity index (χ1v) is 14.2. The van der Waals surface area contributed by atoms with E-state index in [0.717, 1.165) is 5.56 Å². The quantitative estimate of drug-likeness (QED) is 0.272. The summed E-state index contributed by atoms with van der Waals surface area (Å²) >= 11 is 0. The summed E-state index contributed by atoms with van der Waals surface area (Å²) in [6.45, 7) is 12.1. The van der Waals surface area contributed by atoms with Crippen LogP contribution < -0.4 is 4.18 Å². The molecule has 0 radical (unpaired) electrons. The van der Waals surface area contributed by atoms with Crippen molar-refractivity contribution in [2.24, 2.45) is 0 Å². The molecule has 3 aromatic rings. The van der Waals surface area contributed by atoms with Gasteiger partial charge in [0.1, 0.15) is 4.90 Å². The molecular formula is C26H33O7PS. The summed E-state index contributed by atoms with van der Waals surface area (Å²) in [5.41, 5.74) is -0.706. The summed E-state index contributed by atoms with van der Waals surface area (Å²) in [6, 6.07) is 16.3. The molecule has 0 fully saturated rings. The van der Waals surface area contributed by atoms with Gasteiger partial charge in [-0.15, -0.1) is 0 Å². The fourth-order valence-electron chi connectivity index (χ4n) is 3.45. The lowest BCUT2D eigenvalue weighted by Gasteiger charge is -2.34. The molecule has 0 aromatic heterocycles. The van der Waals surface area contributed by atoms with Gasteiger partial charge in [-0.3, -0.25) is 4.57 Å². The van der Waals surface area contributed by atoms with Crippen LogP contribution in [0, 0.1) is 6.92 Å². The smallest absolute Gasteiger partial charge is 0.364 e. The average molecular weight is 521 g/mol. The largest absolute Gasteiger partial charge is 0.378 e. The van der Waals surface area contributed by atoms with Gasteiger partial charge in [0.25, 0.3) is 0 Å². The van der Waals surface area contributed by atoms with Crippen LogP contribution in [0.15, 0.2) is 65.6 Å². The third-order valence-corrected chi connectivity index (χ3v) is 8.51. The first kappa shape index (κ1) is 27.4. The molecule has 0 saturated carbocycles. The van der Waals surface area contributed by atoms with E-state index < -0.39 is 34.8 Å². The summed E-state index contributed by atoms with van der Waals surface area (Å²) in [4.78, 5) is -0.00376. The predicted molar refractivity (Wildman–Crippen MR) is 137 cm³/mol. The predicted octanol–water partition coefficient (Wildman–Crippen LogP) is 6.73. The average Bonchev–Trinajstić information content (AvgIpc) is 2.70. The van der Waals surface area contributed by atoms with Gasteiger partial charge in [-0.1, -0.05) is 42.0 Å². The fourth-order valence-corrected chi connectivity index (χ4v) is 6.67. The van der Waals surface area contributed by atoms with Gasteiger partial charge in [0.2, 0.25) is 0 Å². The maximum absolute atomic E-state index is 13.9. The van der Waals surface area contributed by atoms with Crippen molar-refractivity contribution in [1.82, 2.24) is 0 Å². The number of aryl methyl sites for hydroxylation is 1. The molecule has 3 rings (SSSR count). The van der Waals surface area contributed by atoms with Gasteiger partial charge in [-0.2, -0.15) is 8.42 Å². The Kier molecular flexibility index (Phi) is 7.57. The van der Waals surface area contributed by atoms with Gasteiger partial charge in [0.15, 0.2) is 11.6 Å². The minimum absolute atomic E-state index is 0.00376. The first-order chi connectivity index (χ1) is 16.0. The molecule has 1 unspecified atom stereocenters. The highest BCUT2D eigenvalue weighted by atomic mass is 32.2. The van der Waals surface area contributed by atoms with Crippen LogP contribution in [0.25, 0.3) is 10.8 Å². The molecule has 0 bridgehead atoms. The Morgan fingerprint density at radius 3 is 1.94 bits per heavy atom. The highest BCUT2D eigenvalue weighted by Crippen LogP contribution is 2.64. The Hall–Kier alpha value is -2.22. The molecule has 3 aromatic carbocycles. The van der Waals surface area contributed by atoms with Crippen LogP contribution in [0.1, 0.15) is 58.5 Å². The number of aliphatic hydroxyl groups is 1. The highest BCUT2D eigenvalue weighted by molar-refractivity contribution is 7.87. The van der Waals surface area contributed by atoms with Crippen LogP contribution in [0.4, 0.5) is 0 Å². The lowest BCUT2D eigenvalue weighted by molar-refractivity contribution is 0.0271. The molecule has 0 aliphatic carbocycles. The Morgan fingerprint density at radius 2 is 1.40 bits per heavy atom. The maximum Gasteiger partial charge on any atom is 0.364 e. The second kappa shape index (κ2) is 9.68. The molecule has 35 heavy (non-hydrogen) atoms. The molecule has 0 heterocycles. The van der Waals surface area contributed by atoms with Crippen LogP contribution in [0.5, 0.6) is 5.75 Å². The Morgan fingerprint density at radius 1 is 0.857 bits per heavy atom. The van der Waals surface area contributed by atoms with Crippen LogP contribution >= 0.6 is 7.60 Å². The summed E-state index contributed by atoms with van der Waals surface area (Å²) in [5.74, 6) is -1.69. The van der Waals surface area contributed by atoms with E-state index in [-0.39, 0.29) is 16.2 Å². The normalized spacial score (nSPS) is 14.2. The molecule has 7 nitrogen and oxygen atoms in total. The number of rotatable bonds is 7. The SMILES string of the molecule is Cc1ccc(S(=O)(=O)Oc2cc(C(O)P(=O)(OC(C)(C)C)OC(C)(C)C)cc3ccccc23)cc1. The summed E-state index contributed by atoms with van der Waals surface area (Å²) in [5, 5.41) is 12.4. The molecule has 0 saturated heterocycles. The number of fused-ring (bicyclic) bond motifs is 1. The van der Waals surface area contributed by atoms with E-state index in [1.807, 2.05) is 6.92 Å². The third-order valence-electron chi connectivity index (χ3n) is 4.76. The van der Waals surface area contributed by atoms with E-state index >= 15 is 0 Å². The zero-order valence-corrected chi connectivity index (χ0v) is 22.8. The molecule has 190 valence electrons. The molecular weight excluding hydrogens is 487 g/mol. The second-order valence-electron chi connectivity index (χ2n) is 10.4. The van der Waals surface area contributed by atoms with Gasteiger partial charge in [0, 0.05) is 5.39 Å². The minimum Gasteiger partial charge on any atom is -0.378 e. The lowest BCUT2D eigenvalue weighted by atomic mass is 10.1. The number of benzene rings is 3. The van der Waals surface area contributed by atoms with Crippen molar-refractivity contribution in [2.45, 2.75) is 70.4 Å². The lowest BCUT2D eigenvalue weighted by Crippen LogP contribution is -2.26. The Balaban J connectivity index is 2.13. The summed E-state index contributed by atoms with van der Waals surface area (Å²) in [7, 11) is -8.31. The van der Waals surface area contributed by atoms with Crippen LogP contribution in [0.2, 0.25) is 0 Å². The van der Waals surface area contributed by atoms with Crippen molar-refractivity contribution in [3.05, 3.63) is 71.8 Å². The van der Waals surface area contributed by atoms with E-state index in [2.05, 4.69) is 0 Å². The second-order valence-corrected chi connectivity index (χ2v) is 13.9. The van der Waals surface area contributed by atoms with Gasteiger partial charge in [-0.25, -0.2) is 0 Å². The van der Waals surface area contributed by atoms with E-state index in [4.69, 9.17) is 13.2 Å². The van der Waals surface area contributed by atoms with E-state index in [1.54, 1.807) is 84.0 Å². The van der Waals surface area contributed by atoms with Crippen molar-refractivity contribution in [1.29, 1.82) is 0 Å². The van der Waals surface area contributed by atoms with Crippen LogP contribution in [-0.2, 0) is 23.7 Å². The molecule has 1 N–H and O–H groups in total. The molecule has 0 amide bonds. The molecule has 0 spiro atoms. The summed E-state index contributed by atoms with van der Waals surface area (Å²) in [6.07, 6.45) is 0. The summed E-state index contributed by atoms with van der Waals surface area (Å²) < 4.78 is 57.0. The topological polar surface area (TPSA) is 99.1 Å². The standard InChI is InChI=1S/C26H33O7PS/c1-18-12-14-21(15-13-18)35(29,30)31-23-17-20(16-19-10-8-9-11-22(19)23)24(27)34(28,32-25(2,3)4)33-26(5,6)7/h8-17,24,27H,1-7H3. The van der Waals surface area contributed by atoms with E-state index in [0.29, 0.717) is 10.8 Å². The van der Waals surface area contributed by atoms with Gasteiger partial charge >= 0.3 is 17.7 Å². The van der Waals surface area contributed by atoms with Crippen molar-refractivity contribution < 1.29 is 31.3 Å².